The van der Waals surface area contributed by atoms with E-state index in [1.807, 2.05) is 0 Å². The molecule has 0 fully saturated rings. The lowest BCUT2D eigenvalue weighted by molar-refractivity contribution is 0.0497. The maximum atomic E-state index is 12.2. The van der Waals surface area contributed by atoms with Crippen molar-refractivity contribution in [3.8, 4) is 11.4 Å². The zero-order valence-electron chi connectivity index (χ0n) is 15.0. The van der Waals surface area contributed by atoms with E-state index in [1.165, 1.54) is 43.8 Å². The van der Waals surface area contributed by atoms with Crippen molar-refractivity contribution in [2.45, 2.75) is 45.4 Å². The van der Waals surface area contributed by atoms with Crippen molar-refractivity contribution >= 4 is 11.9 Å². The highest BCUT2D eigenvalue weighted by Gasteiger charge is 2.11. The van der Waals surface area contributed by atoms with E-state index >= 15 is 0 Å². The fraction of sp³-hybridized carbons (Fsp3) is 0.400. The van der Waals surface area contributed by atoms with Crippen LogP contribution in [0.25, 0.3) is 11.4 Å². The molecule has 0 aliphatic carbocycles. The third-order valence-electron chi connectivity index (χ3n) is 4.00. The molecule has 6 heteroatoms. The van der Waals surface area contributed by atoms with Crippen LogP contribution >= 0.6 is 0 Å². The van der Waals surface area contributed by atoms with Crippen LogP contribution in [0.2, 0.25) is 0 Å². The van der Waals surface area contributed by atoms with Gasteiger partial charge >= 0.3 is 11.9 Å². The van der Waals surface area contributed by atoms with Gasteiger partial charge in [0.25, 0.3) is 0 Å². The molecular formula is C20H24N2O4. The lowest BCUT2D eigenvalue weighted by atomic mass is 10.1. The average molecular weight is 356 g/mol. The number of ether oxygens (including phenoxy) is 1. The van der Waals surface area contributed by atoms with Gasteiger partial charge in [-0.25, -0.2) is 9.59 Å². The van der Waals surface area contributed by atoms with Gasteiger partial charge in [-0.2, -0.15) is 0 Å². The number of carboxylic acids is 1. The number of hydrogen-bond donors (Lipinski definition) is 1. The molecule has 2 aromatic rings. The van der Waals surface area contributed by atoms with Gasteiger partial charge in [0.05, 0.1) is 29.1 Å². The Kier molecular flexibility index (Phi) is 7.74. The zero-order valence-corrected chi connectivity index (χ0v) is 15.0. The predicted molar refractivity (Wildman–Crippen MR) is 98.1 cm³/mol. The second-order valence-electron chi connectivity index (χ2n) is 6.07. The second-order valence-corrected chi connectivity index (χ2v) is 6.07. The fourth-order valence-corrected chi connectivity index (χ4v) is 2.53. The largest absolute Gasteiger partial charge is 0.478 e. The van der Waals surface area contributed by atoms with E-state index in [9.17, 15) is 9.59 Å². The number of aromatic carboxylic acids is 1. The summed E-state index contributed by atoms with van der Waals surface area (Å²) in [4.78, 5) is 31.5. The van der Waals surface area contributed by atoms with Crippen molar-refractivity contribution in [1.29, 1.82) is 0 Å². The maximum absolute atomic E-state index is 12.2. The standard InChI is InChI=1S/C20H24N2O4/c1-2-3-4-5-6-7-12-26-20(25)16-9-11-22-18(14-16)17-13-15(19(23)24)8-10-21-17/h8-11,13-14H,2-7,12H2,1H3,(H,23,24). The molecule has 2 heterocycles. The molecular weight excluding hydrogens is 332 g/mol. The third kappa shape index (κ3) is 5.95. The SMILES string of the molecule is CCCCCCCCOC(=O)c1ccnc(-c2cc(C(=O)O)ccn2)c1. The summed E-state index contributed by atoms with van der Waals surface area (Å²) in [5, 5.41) is 9.07. The Morgan fingerprint density at radius 1 is 0.923 bits per heavy atom. The first-order chi connectivity index (χ1) is 12.6. The van der Waals surface area contributed by atoms with E-state index in [1.54, 1.807) is 12.1 Å². The fourth-order valence-electron chi connectivity index (χ4n) is 2.53. The van der Waals surface area contributed by atoms with Crippen molar-refractivity contribution in [1.82, 2.24) is 9.97 Å². The summed E-state index contributed by atoms with van der Waals surface area (Å²) >= 11 is 0. The highest BCUT2D eigenvalue weighted by molar-refractivity contribution is 5.91. The smallest absolute Gasteiger partial charge is 0.338 e. The number of carbonyl (C=O) groups is 2. The molecule has 0 radical (unpaired) electrons. The summed E-state index contributed by atoms with van der Waals surface area (Å²) in [6, 6.07) is 5.98. The Hall–Kier alpha value is -2.76. The molecule has 26 heavy (non-hydrogen) atoms. The van der Waals surface area contributed by atoms with Crippen LogP contribution in [0.15, 0.2) is 36.7 Å². The van der Waals surface area contributed by atoms with Crippen LogP contribution in [-0.4, -0.2) is 33.6 Å². The molecule has 138 valence electrons. The Morgan fingerprint density at radius 3 is 2.15 bits per heavy atom. The van der Waals surface area contributed by atoms with E-state index in [0.717, 1.165) is 19.3 Å². The molecule has 2 aromatic heterocycles. The summed E-state index contributed by atoms with van der Waals surface area (Å²) in [5.74, 6) is -1.44. The summed E-state index contributed by atoms with van der Waals surface area (Å²) in [5.41, 5.74) is 1.33. The lowest BCUT2D eigenvalue weighted by Crippen LogP contribution is -2.07. The van der Waals surface area contributed by atoms with Crippen molar-refractivity contribution in [2.24, 2.45) is 0 Å². The highest BCUT2D eigenvalue weighted by atomic mass is 16.5. The lowest BCUT2D eigenvalue weighted by Gasteiger charge is -2.06. The molecule has 1 N–H and O–H groups in total. The topological polar surface area (TPSA) is 89.4 Å². The number of pyridine rings is 2. The number of carboxylic acid groups (broad SMARTS) is 1. The van der Waals surface area contributed by atoms with Crippen molar-refractivity contribution in [3.05, 3.63) is 47.8 Å². The number of rotatable bonds is 10. The minimum atomic E-state index is -1.04. The van der Waals surface area contributed by atoms with Gasteiger partial charge in [0.2, 0.25) is 0 Å². The zero-order chi connectivity index (χ0) is 18.8. The van der Waals surface area contributed by atoms with Crippen LogP contribution in [-0.2, 0) is 4.74 Å². The normalized spacial score (nSPS) is 10.5. The van der Waals surface area contributed by atoms with Gasteiger partial charge in [-0.1, -0.05) is 39.0 Å². The minimum Gasteiger partial charge on any atom is -0.478 e. The van der Waals surface area contributed by atoms with Gasteiger partial charge in [-0.15, -0.1) is 0 Å². The molecule has 0 spiro atoms. The highest BCUT2D eigenvalue weighted by Crippen LogP contribution is 2.17. The van der Waals surface area contributed by atoms with Gasteiger partial charge in [0.15, 0.2) is 0 Å². The number of nitrogens with zero attached hydrogens (tertiary/aromatic N) is 2. The average Bonchev–Trinajstić information content (AvgIpc) is 2.67. The van der Waals surface area contributed by atoms with Crippen LogP contribution in [0.1, 0.15) is 66.2 Å². The molecule has 0 amide bonds. The van der Waals surface area contributed by atoms with E-state index in [-0.39, 0.29) is 5.56 Å². The molecule has 0 bridgehead atoms. The molecule has 0 atom stereocenters. The van der Waals surface area contributed by atoms with E-state index < -0.39 is 11.9 Å². The van der Waals surface area contributed by atoms with Crippen LogP contribution in [0.4, 0.5) is 0 Å². The van der Waals surface area contributed by atoms with E-state index in [2.05, 4.69) is 16.9 Å². The molecule has 0 saturated carbocycles. The Balaban J connectivity index is 1.93. The van der Waals surface area contributed by atoms with Crippen LogP contribution < -0.4 is 0 Å². The summed E-state index contributed by atoms with van der Waals surface area (Å²) in [6.07, 6.45) is 9.66. The molecule has 0 aliphatic heterocycles. The monoisotopic (exact) mass is 356 g/mol. The number of unbranched alkanes of at least 4 members (excludes halogenated alkanes) is 5. The quantitative estimate of drug-likeness (QED) is 0.502. The minimum absolute atomic E-state index is 0.118. The summed E-state index contributed by atoms with van der Waals surface area (Å²) in [6.45, 7) is 2.58. The van der Waals surface area contributed by atoms with Crippen molar-refractivity contribution in [3.63, 3.8) is 0 Å². The third-order valence-corrected chi connectivity index (χ3v) is 4.00. The van der Waals surface area contributed by atoms with Crippen LogP contribution in [0.3, 0.4) is 0 Å². The number of aromatic nitrogens is 2. The van der Waals surface area contributed by atoms with Crippen LogP contribution in [0, 0.1) is 0 Å². The van der Waals surface area contributed by atoms with Crippen molar-refractivity contribution < 1.29 is 19.4 Å². The molecule has 2 rings (SSSR count). The first-order valence-electron chi connectivity index (χ1n) is 8.94. The number of esters is 1. The molecule has 0 aromatic carbocycles. The number of hydrogen-bond acceptors (Lipinski definition) is 5. The van der Waals surface area contributed by atoms with Gasteiger partial charge in [-0.3, -0.25) is 9.97 Å². The Bertz CT molecular complexity index is 746. The molecule has 6 nitrogen and oxygen atoms in total. The molecule has 0 aliphatic rings. The first kappa shape index (κ1) is 19.6. The second kappa shape index (κ2) is 10.3. The Morgan fingerprint density at radius 2 is 1.50 bits per heavy atom. The van der Waals surface area contributed by atoms with E-state index in [4.69, 9.17) is 9.84 Å². The van der Waals surface area contributed by atoms with Crippen molar-refractivity contribution in [2.75, 3.05) is 6.61 Å². The summed E-state index contributed by atoms with van der Waals surface area (Å²) < 4.78 is 5.31. The van der Waals surface area contributed by atoms with Gasteiger partial charge in [-0.05, 0) is 30.7 Å². The number of carbonyl (C=O) groups excluding carboxylic acids is 1. The van der Waals surface area contributed by atoms with E-state index in [0.29, 0.717) is 23.6 Å². The molecule has 0 unspecified atom stereocenters. The van der Waals surface area contributed by atoms with Gasteiger partial charge < -0.3 is 9.84 Å². The first-order valence-corrected chi connectivity index (χ1v) is 8.94. The van der Waals surface area contributed by atoms with Gasteiger partial charge in [0, 0.05) is 12.4 Å². The predicted octanol–water partition coefficient (Wildman–Crippen LogP) is 4.36. The summed E-state index contributed by atoms with van der Waals surface area (Å²) in [7, 11) is 0. The Labute approximate surface area is 153 Å². The molecule has 0 saturated heterocycles. The van der Waals surface area contributed by atoms with Gasteiger partial charge in [0.1, 0.15) is 0 Å². The maximum Gasteiger partial charge on any atom is 0.338 e. The van der Waals surface area contributed by atoms with Crippen LogP contribution in [0.5, 0.6) is 0 Å².